The average Bonchev–Trinajstić information content (AvgIpc) is 2.77. The quantitative estimate of drug-likeness (QED) is 0.889. The molecule has 0 aliphatic carbocycles. The van der Waals surface area contributed by atoms with Crippen LogP contribution in [0.1, 0.15) is 5.56 Å². The molecular weight excluding hydrogens is 266 g/mol. The minimum absolute atomic E-state index is 0.0434. The molecular formula is C12H10ClN5O. The lowest BCUT2D eigenvalue weighted by atomic mass is 10.2. The first kappa shape index (κ1) is 12.9. The minimum atomic E-state index is -0.269. The van der Waals surface area contributed by atoms with Gasteiger partial charge >= 0.3 is 0 Å². The van der Waals surface area contributed by atoms with Gasteiger partial charge in [0.15, 0.2) is 0 Å². The van der Waals surface area contributed by atoms with E-state index in [1.807, 2.05) is 6.07 Å². The van der Waals surface area contributed by atoms with Gasteiger partial charge in [-0.2, -0.15) is 10.4 Å². The Bertz CT molecular complexity index is 658. The number of hydrogen-bond acceptors (Lipinski definition) is 4. The van der Waals surface area contributed by atoms with Gasteiger partial charge in [0, 0.05) is 11.9 Å². The fourth-order valence-electron chi connectivity index (χ4n) is 1.50. The van der Waals surface area contributed by atoms with Gasteiger partial charge < -0.3 is 11.1 Å². The number of nitrogens with one attached hydrogen (secondary N) is 1. The molecule has 1 heterocycles. The molecule has 2 rings (SSSR count). The molecule has 7 heteroatoms. The van der Waals surface area contributed by atoms with Gasteiger partial charge in [0.1, 0.15) is 12.6 Å². The predicted octanol–water partition coefficient (Wildman–Crippen LogP) is 1.63. The fourth-order valence-corrected chi connectivity index (χ4v) is 1.66. The molecule has 0 saturated heterocycles. The van der Waals surface area contributed by atoms with Crippen molar-refractivity contribution in [3.05, 3.63) is 41.2 Å². The summed E-state index contributed by atoms with van der Waals surface area (Å²) in [5, 5.41) is 15.7. The molecule has 0 spiro atoms. The van der Waals surface area contributed by atoms with Gasteiger partial charge in [-0.1, -0.05) is 11.6 Å². The van der Waals surface area contributed by atoms with Crippen LogP contribution in [0.4, 0.5) is 11.4 Å². The summed E-state index contributed by atoms with van der Waals surface area (Å²) in [5.41, 5.74) is 6.80. The van der Waals surface area contributed by atoms with E-state index < -0.39 is 0 Å². The largest absolute Gasteiger partial charge is 0.396 e. The highest BCUT2D eigenvalue weighted by Gasteiger charge is 2.06. The molecule has 19 heavy (non-hydrogen) atoms. The highest BCUT2D eigenvalue weighted by atomic mass is 35.5. The first-order valence-corrected chi connectivity index (χ1v) is 5.73. The standard InChI is InChI=1S/C12H10ClN5O/c13-11-2-1-10(3-8(11)4-14)17-12(19)7-18-6-9(15)5-16-18/h1-3,5-6H,7,15H2,(H,17,19). The second kappa shape index (κ2) is 5.42. The lowest BCUT2D eigenvalue weighted by Crippen LogP contribution is -2.19. The molecule has 96 valence electrons. The third-order valence-corrected chi connectivity index (χ3v) is 2.66. The molecule has 3 N–H and O–H groups in total. The number of nitrogen functional groups attached to an aromatic ring is 1. The van der Waals surface area contributed by atoms with Crippen LogP contribution in [0.25, 0.3) is 0 Å². The number of carbonyl (C=O) groups excluding carboxylic acids is 1. The minimum Gasteiger partial charge on any atom is -0.396 e. The summed E-state index contributed by atoms with van der Waals surface area (Å²) >= 11 is 5.80. The van der Waals surface area contributed by atoms with E-state index in [1.165, 1.54) is 16.9 Å². The van der Waals surface area contributed by atoms with Crippen LogP contribution >= 0.6 is 11.6 Å². The molecule has 1 aromatic heterocycles. The van der Waals surface area contributed by atoms with Crippen molar-refractivity contribution in [3.8, 4) is 6.07 Å². The lowest BCUT2D eigenvalue weighted by molar-refractivity contribution is -0.116. The highest BCUT2D eigenvalue weighted by molar-refractivity contribution is 6.31. The average molecular weight is 276 g/mol. The number of halogens is 1. The van der Waals surface area contributed by atoms with Crippen molar-refractivity contribution in [2.75, 3.05) is 11.1 Å². The van der Waals surface area contributed by atoms with Crippen LogP contribution in [0, 0.1) is 11.3 Å². The van der Waals surface area contributed by atoms with Gasteiger partial charge in [0.2, 0.25) is 5.91 Å². The monoisotopic (exact) mass is 275 g/mol. The summed E-state index contributed by atoms with van der Waals surface area (Å²) in [4.78, 5) is 11.7. The van der Waals surface area contributed by atoms with E-state index >= 15 is 0 Å². The number of nitriles is 1. The van der Waals surface area contributed by atoms with Crippen LogP contribution in [0.5, 0.6) is 0 Å². The number of nitrogens with zero attached hydrogens (tertiary/aromatic N) is 3. The molecule has 0 bridgehead atoms. The first-order valence-electron chi connectivity index (χ1n) is 5.36. The summed E-state index contributed by atoms with van der Waals surface area (Å²) < 4.78 is 1.42. The smallest absolute Gasteiger partial charge is 0.246 e. The summed E-state index contributed by atoms with van der Waals surface area (Å²) in [6.45, 7) is 0.0434. The summed E-state index contributed by atoms with van der Waals surface area (Å²) in [7, 11) is 0. The third-order valence-electron chi connectivity index (χ3n) is 2.33. The Labute approximate surface area is 114 Å². The Morgan fingerprint density at radius 1 is 1.58 bits per heavy atom. The van der Waals surface area contributed by atoms with E-state index in [-0.39, 0.29) is 12.5 Å². The van der Waals surface area contributed by atoms with E-state index in [0.717, 1.165) is 0 Å². The second-order valence-electron chi connectivity index (χ2n) is 3.83. The van der Waals surface area contributed by atoms with Gasteiger partial charge in [0.25, 0.3) is 0 Å². The van der Waals surface area contributed by atoms with Gasteiger partial charge in [-0.05, 0) is 18.2 Å². The van der Waals surface area contributed by atoms with Gasteiger partial charge in [0.05, 0.1) is 22.5 Å². The van der Waals surface area contributed by atoms with E-state index in [1.54, 1.807) is 18.3 Å². The molecule has 0 atom stereocenters. The molecule has 0 unspecified atom stereocenters. The van der Waals surface area contributed by atoms with Gasteiger partial charge in [-0.15, -0.1) is 0 Å². The normalized spacial score (nSPS) is 9.89. The molecule has 2 aromatic rings. The number of amides is 1. The molecule has 1 amide bonds. The lowest BCUT2D eigenvalue weighted by Gasteiger charge is -2.06. The van der Waals surface area contributed by atoms with Crippen molar-refractivity contribution in [1.29, 1.82) is 5.26 Å². The summed E-state index contributed by atoms with van der Waals surface area (Å²) in [6.07, 6.45) is 3.02. The number of benzene rings is 1. The number of anilines is 2. The van der Waals surface area contributed by atoms with Crippen molar-refractivity contribution in [1.82, 2.24) is 9.78 Å². The Hall–Kier alpha value is -2.52. The Morgan fingerprint density at radius 2 is 2.37 bits per heavy atom. The number of rotatable bonds is 3. The van der Waals surface area contributed by atoms with Crippen LogP contribution in [0.3, 0.4) is 0 Å². The summed E-state index contributed by atoms with van der Waals surface area (Å²) in [6, 6.07) is 6.64. The second-order valence-corrected chi connectivity index (χ2v) is 4.23. The first-order chi connectivity index (χ1) is 9.08. The molecule has 0 saturated carbocycles. The molecule has 0 fully saturated rings. The number of hydrogen-bond donors (Lipinski definition) is 2. The van der Waals surface area contributed by atoms with Crippen LogP contribution in [-0.2, 0) is 11.3 Å². The number of carbonyl (C=O) groups is 1. The molecule has 0 aliphatic heterocycles. The third kappa shape index (κ3) is 3.24. The Morgan fingerprint density at radius 3 is 3.00 bits per heavy atom. The van der Waals surface area contributed by atoms with Gasteiger partial charge in [-0.25, -0.2) is 0 Å². The SMILES string of the molecule is N#Cc1cc(NC(=O)Cn2cc(N)cn2)ccc1Cl. The Kier molecular flexibility index (Phi) is 3.68. The van der Waals surface area contributed by atoms with E-state index in [0.29, 0.717) is 22.0 Å². The maximum Gasteiger partial charge on any atom is 0.246 e. The van der Waals surface area contributed by atoms with Crippen molar-refractivity contribution >= 4 is 28.9 Å². The number of nitrogens with two attached hydrogens (primary N) is 1. The Balaban J connectivity index is 2.05. The van der Waals surface area contributed by atoms with E-state index in [4.69, 9.17) is 22.6 Å². The van der Waals surface area contributed by atoms with E-state index in [2.05, 4.69) is 10.4 Å². The maximum atomic E-state index is 11.7. The van der Waals surface area contributed by atoms with Crippen molar-refractivity contribution < 1.29 is 4.79 Å². The van der Waals surface area contributed by atoms with Crippen molar-refractivity contribution in [2.24, 2.45) is 0 Å². The van der Waals surface area contributed by atoms with E-state index in [9.17, 15) is 4.79 Å². The van der Waals surface area contributed by atoms with Crippen LogP contribution in [-0.4, -0.2) is 15.7 Å². The molecule has 0 aliphatic rings. The van der Waals surface area contributed by atoms with Crippen LogP contribution < -0.4 is 11.1 Å². The predicted molar refractivity (Wildman–Crippen MR) is 71.4 cm³/mol. The molecule has 0 radical (unpaired) electrons. The van der Waals surface area contributed by atoms with Crippen molar-refractivity contribution in [2.45, 2.75) is 6.54 Å². The van der Waals surface area contributed by atoms with Crippen LogP contribution in [0.2, 0.25) is 5.02 Å². The topological polar surface area (TPSA) is 96.7 Å². The zero-order valence-corrected chi connectivity index (χ0v) is 10.6. The van der Waals surface area contributed by atoms with Crippen LogP contribution in [0.15, 0.2) is 30.6 Å². The fraction of sp³-hybridized carbons (Fsp3) is 0.0833. The molecule has 1 aromatic carbocycles. The zero-order chi connectivity index (χ0) is 13.8. The zero-order valence-electron chi connectivity index (χ0n) is 9.80. The molecule has 6 nitrogen and oxygen atoms in total. The highest BCUT2D eigenvalue weighted by Crippen LogP contribution is 2.19. The summed E-state index contributed by atoms with van der Waals surface area (Å²) in [5.74, 6) is -0.269. The van der Waals surface area contributed by atoms with Crippen molar-refractivity contribution in [3.63, 3.8) is 0 Å². The van der Waals surface area contributed by atoms with Gasteiger partial charge in [-0.3, -0.25) is 9.48 Å². The maximum absolute atomic E-state index is 11.7. The number of aromatic nitrogens is 2.